The fourth-order valence-electron chi connectivity index (χ4n) is 1.81. The number of non-ortho nitro benzene ring substituents is 1. The molecule has 0 bridgehead atoms. The van der Waals surface area contributed by atoms with Gasteiger partial charge in [0.2, 0.25) is 0 Å². The van der Waals surface area contributed by atoms with Crippen molar-refractivity contribution in [3.63, 3.8) is 0 Å². The molecule has 2 rings (SSSR count). The first-order chi connectivity index (χ1) is 11.3. The highest BCUT2D eigenvalue weighted by Crippen LogP contribution is 2.29. The number of rotatable bonds is 5. The fourth-order valence-corrected chi connectivity index (χ4v) is 2.11. The number of nitrogens with zero attached hydrogens (tertiary/aromatic N) is 3. The van der Waals surface area contributed by atoms with E-state index in [1.54, 1.807) is 25.1 Å². The van der Waals surface area contributed by atoms with Crippen LogP contribution in [0.2, 0.25) is 10.0 Å². The molecule has 0 spiro atoms. The molecule has 0 amide bonds. The van der Waals surface area contributed by atoms with Gasteiger partial charge in [0.05, 0.1) is 31.7 Å². The van der Waals surface area contributed by atoms with Crippen LogP contribution in [-0.4, -0.2) is 15.6 Å². The molecule has 0 saturated carbocycles. The highest BCUT2D eigenvalue weighted by molar-refractivity contribution is 6.42. The number of nitro groups is 2. The summed E-state index contributed by atoms with van der Waals surface area (Å²) in [6, 6.07) is 8.15. The molecular formula is C14H10Cl2N4O4. The summed E-state index contributed by atoms with van der Waals surface area (Å²) < 4.78 is 0. The first-order valence-electron chi connectivity index (χ1n) is 6.48. The molecule has 10 heteroatoms. The van der Waals surface area contributed by atoms with Crippen molar-refractivity contribution in [2.75, 3.05) is 5.43 Å². The van der Waals surface area contributed by atoms with E-state index in [2.05, 4.69) is 10.5 Å². The molecule has 0 aliphatic heterocycles. The Balaban J connectivity index is 2.31. The van der Waals surface area contributed by atoms with Crippen molar-refractivity contribution >= 4 is 46.0 Å². The average molecular weight is 369 g/mol. The Hall–Kier alpha value is -2.71. The van der Waals surface area contributed by atoms with Crippen LogP contribution in [0, 0.1) is 20.2 Å². The van der Waals surface area contributed by atoms with Crippen molar-refractivity contribution in [3.8, 4) is 0 Å². The minimum Gasteiger partial charge on any atom is -0.271 e. The molecule has 0 heterocycles. The van der Waals surface area contributed by atoms with Gasteiger partial charge in [0, 0.05) is 6.07 Å². The van der Waals surface area contributed by atoms with Gasteiger partial charge in [-0.25, -0.2) is 0 Å². The number of hydrogen-bond acceptors (Lipinski definition) is 6. The number of hydrazone groups is 1. The van der Waals surface area contributed by atoms with Crippen LogP contribution in [0.15, 0.2) is 41.5 Å². The average Bonchev–Trinajstić information content (AvgIpc) is 2.54. The maximum absolute atomic E-state index is 11.1. The van der Waals surface area contributed by atoms with Crippen molar-refractivity contribution in [1.29, 1.82) is 0 Å². The Morgan fingerprint density at radius 1 is 1.04 bits per heavy atom. The summed E-state index contributed by atoms with van der Waals surface area (Å²) in [7, 11) is 0. The summed E-state index contributed by atoms with van der Waals surface area (Å²) >= 11 is 11.8. The van der Waals surface area contributed by atoms with E-state index in [1.807, 2.05) is 0 Å². The van der Waals surface area contributed by atoms with Crippen LogP contribution in [0.25, 0.3) is 0 Å². The first kappa shape index (κ1) is 17.6. The lowest BCUT2D eigenvalue weighted by Crippen LogP contribution is -2.02. The number of anilines is 1. The van der Waals surface area contributed by atoms with Crippen LogP contribution < -0.4 is 5.43 Å². The van der Waals surface area contributed by atoms with Crippen molar-refractivity contribution in [2.24, 2.45) is 5.10 Å². The van der Waals surface area contributed by atoms with Crippen LogP contribution in [0.5, 0.6) is 0 Å². The van der Waals surface area contributed by atoms with E-state index in [4.69, 9.17) is 23.2 Å². The molecule has 0 saturated heterocycles. The van der Waals surface area contributed by atoms with Crippen LogP contribution in [-0.2, 0) is 0 Å². The van der Waals surface area contributed by atoms with Gasteiger partial charge in [-0.2, -0.15) is 5.10 Å². The molecule has 0 aliphatic rings. The van der Waals surface area contributed by atoms with Gasteiger partial charge in [-0.1, -0.05) is 29.3 Å². The molecule has 0 aliphatic carbocycles. The monoisotopic (exact) mass is 368 g/mol. The SMILES string of the molecule is CC(=NNc1ccc([N+](=O)[O-])cc1[N+](=O)[O-])c1ccc(Cl)c(Cl)c1. The number of nitro benzene ring substituents is 2. The Bertz CT molecular complexity index is 855. The molecular weight excluding hydrogens is 359 g/mol. The summed E-state index contributed by atoms with van der Waals surface area (Å²) in [6.45, 7) is 1.67. The molecule has 0 fully saturated rings. The van der Waals surface area contributed by atoms with E-state index >= 15 is 0 Å². The molecule has 24 heavy (non-hydrogen) atoms. The van der Waals surface area contributed by atoms with Crippen LogP contribution >= 0.6 is 23.2 Å². The van der Waals surface area contributed by atoms with Gasteiger partial charge in [-0.15, -0.1) is 0 Å². The predicted octanol–water partition coefficient (Wildman–Crippen LogP) is 4.65. The zero-order chi connectivity index (χ0) is 17.9. The Kier molecular flexibility index (Phi) is 5.32. The number of nitrogens with one attached hydrogen (secondary N) is 1. The van der Waals surface area contributed by atoms with Crippen LogP contribution in [0.4, 0.5) is 17.1 Å². The second kappa shape index (κ2) is 7.24. The van der Waals surface area contributed by atoms with Gasteiger partial charge in [-0.3, -0.25) is 25.7 Å². The number of benzene rings is 2. The molecule has 0 aromatic heterocycles. The van der Waals surface area contributed by atoms with Gasteiger partial charge in [-0.05, 0) is 30.7 Å². The topological polar surface area (TPSA) is 111 Å². The van der Waals surface area contributed by atoms with Crippen molar-refractivity contribution in [2.45, 2.75) is 6.92 Å². The van der Waals surface area contributed by atoms with Crippen molar-refractivity contribution < 1.29 is 9.85 Å². The van der Waals surface area contributed by atoms with Gasteiger partial charge in [0.1, 0.15) is 5.69 Å². The lowest BCUT2D eigenvalue weighted by molar-refractivity contribution is -0.393. The van der Waals surface area contributed by atoms with Gasteiger partial charge < -0.3 is 0 Å². The van der Waals surface area contributed by atoms with Gasteiger partial charge in [0.25, 0.3) is 5.69 Å². The Morgan fingerprint density at radius 3 is 2.33 bits per heavy atom. The van der Waals surface area contributed by atoms with Gasteiger partial charge >= 0.3 is 5.69 Å². The summed E-state index contributed by atoms with van der Waals surface area (Å²) in [6.07, 6.45) is 0. The van der Waals surface area contributed by atoms with E-state index in [0.717, 1.165) is 12.1 Å². The Morgan fingerprint density at radius 2 is 1.75 bits per heavy atom. The third-order valence-corrected chi connectivity index (χ3v) is 3.81. The smallest absolute Gasteiger partial charge is 0.271 e. The van der Waals surface area contributed by atoms with Crippen LogP contribution in [0.1, 0.15) is 12.5 Å². The lowest BCUT2D eigenvalue weighted by Gasteiger charge is -2.05. The lowest BCUT2D eigenvalue weighted by atomic mass is 10.1. The molecule has 124 valence electrons. The highest BCUT2D eigenvalue weighted by atomic mass is 35.5. The largest absolute Gasteiger partial charge is 0.301 e. The maximum atomic E-state index is 11.1. The Labute approximate surface area is 146 Å². The second-order valence-electron chi connectivity index (χ2n) is 4.65. The van der Waals surface area contributed by atoms with Crippen LogP contribution in [0.3, 0.4) is 0 Å². The molecule has 1 N–H and O–H groups in total. The fraction of sp³-hybridized carbons (Fsp3) is 0.0714. The number of hydrogen-bond donors (Lipinski definition) is 1. The quantitative estimate of drug-likeness (QED) is 0.469. The predicted molar refractivity (Wildman–Crippen MR) is 92.0 cm³/mol. The summed E-state index contributed by atoms with van der Waals surface area (Å²) in [4.78, 5) is 20.3. The molecule has 8 nitrogen and oxygen atoms in total. The zero-order valence-corrected chi connectivity index (χ0v) is 13.7. The number of halogens is 2. The third kappa shape index (κ3) is 3.98. The standard InChI is InChI=1S/C14H10Cl2N4O4/c1-8(9-2-4-11(15)12(16)6-9)17-18-13-5-3-10(19(21)22)7-14(13)20(23)24/h2-7,18H,1H3. The van der Waals surface area contributed by atoms with E-state index in [1.165, 1.54) is 6.07 Å². The summed E-state index contributed by atoms with van der Waals surface area (Å²) in [5, 5.41) is 26.6. The van der Waals surface area contributed by atoms with E-state index < -0.39 is 15.5 Å². The molecule has 0 atom stereocenters. The normalized spacial score (nSPS) is 11.2. The minimum atomic E-state index is -0.723. The zero-order valence-electron chi connectivity index (χ0n) is 12.2. The molecule has 2 aromatic carbocycles. The second-order valence-corrected chi connectivity index (χ2v) is 5.47. The van der Waals surface area contributed by atoms with Crippen molar-refractivity contribution in [3.05, 3.63) is 72.2 Å². The van der Waals surface area contributed by atoms with E-state index in [-0.39, 0.29) is 11.4 Å². The highest BCUT2D eigenvalue weighted by Gasteiger charge is 2.19. The summed E-state index contributed by atoms with van der Waals surface area (Å²) in [5.41, 5.74) is 2.92. The molecule has 0 unspecified atom stereocenters. The van der Waals surface area contributed by atoms with E-state index in [9.17, 15) is 20.2 Å². The molecule has 0 radical (unpaired) electrons. The van der Waals surface area contributed by atoms with Crippen molar-refractivity contribution in [1.82, 2.24) is 0 Å². The maximum Gasteiger partial charge on any atom is 0.301 e. The third-order valence-electron chi connectivity index (χ3n) is 3.07. The van der Waals surface area contributed by atoms with Gasteiger partial charge in [0.15, 0.2) is 0 Å². The summed E-state index contributed by atoms with van der Waals surface area (Å²) in [5.74, 6) is 0. The molecule has 2 aromatic rings. The first-order valence-corrected chi connectivity index (χ1v) is 7.23. The minimum absolute atomic E-state index is 0.0324. The van der Waals surface area contributed by atoms with E-state index in [0.29, 0.717) is 21.3 Å².